The van der Waals surface area contributed by atoms with Crippen molar-refractivity contribution in [3.63, 3.8) is 0 Å². The zero-order valence-corrected chi connectivity index (χ0v) is 12.9. The van der Waals surface area contributed by atoms with E-state index in [1.165, 1.54) is 6.42 Å². The second-order valence-corrected chi connectivity index (χ2v) is 6.47. The zero-order chi connectivity index (χ0) is 15.5. The maximum absolute atomic E-state index is 12.2. The molecule has 2 aliphatic rings. The lowest BCUT2D eigenvalue weighted by molar-refractivity contribution is -0.148. The number of nitrogens with one attached hydrogen (secondary N) is 2. The van der Waals surface area contributed by atoms with Crippen molar-refractivity contribution in [2.75, 3.05) is 13.2 Å². The number of rotatable bonds is 3. The Hall–Kier alpha value is -1.30. The number of hydrogen-bond acceptors (Lipinski definition) is 3. The quantitative estimate of drug-likeness (QED) is 0.740. The van der Waals surface area contributed by atoms with Crippen LogP contribution in [0, 0.1) is 11.8 Å². The summed E-state index contributed by atoms with van der Waals surface area (Å²) in [5.74, 6) is 0.0199. The molecule has 6 heteroatoms. The monoisotopic (exact) mass is 298 g/mol. The van der Waals surface area contributed by atoms with Gasteiger partial charge in [-0.15, -0.1) is 0 Å². The van der Waals surface area contributed by atoms with Crippen molar-refractivity contribution in [3.8, 4) is 0 Å². The highest BCUT2D eigenvalue weighted by atomic mass is 16.5. The Bertz CT molecular complexity index is 393. The van der Waals surface area contributed by atoms with Crippen molar-refractivity contribution in [1.82, 2.24) is 10.6 Å². The highest BCUT2D eigenvalue weighted by Crippen LogP contribution is 2.29. The Kier molecular flexibility index (Phi) is 5.08. The summed E-state index contributed by atoms with van der Waals surface area (Å²) in [6.45, 7) is 5.08. The van der Waals surface area contributed by atoms with Gasteiger partial charge in [0.1, 0.15) is 5.54 Å². The largest absolute Gasteiger partial charge is 0.480 e. The normalized spacial score (nSPS) is 32.2. The molecule has 1 saturated carbocycles. The molecule has 2 rings (SSSR count). The Balaban J connectivity index is 1.95. The summed E-state index contributed by atoms with van der Waals surface area (Å²) in [5, 5.41) is 15.1. The number of hydrogen-bond donors (Lipinski definition) is 3. The third-order valence-corrected chi connectivity index (χ3v) is 5.13. The Morgan fingerprint density at radius 3 is 2.48 bits per heavy atom. The summed E-state index contributed by atoms with van der Waals surface area (Å²) >= 11 is 0. The van der Waals surface area contributed by atoms with Crippen molar-refractivity contribution >= 4 is 12.0 Å². The molecule has 1 heterocycles. The van der Waals surface area contributed by atoms with Gasteiger partial charge in [0, 0.05) is 32.1 Å². The SMILES string of the molecule is CC1CCCC(NC(=O)NC2(C(=O)O)CCOCC2)C1C. The molecule has 120 valence electrons. The van der Waals surface area contributed by atoms with Gasteiger partial charge in [-0.3, -0.25) is 0 Å². The maximum Gasteiger partial charge on any atom is 0.329 e. The fraction of sp³-hybridized carbons (Fsp3) is 0.867. The molecule has 2 fully saturated rings. The van der Waals surface area contributed by atoms with Gasteiger partial charge in [-0.05, 0) is 18.3 Å². The Morgan fingerprint density at radius 2 is 1.86 bits per heavy atom. The van der Waals surface area contributed by atoms with E-state index < -0.39 is 11.5 Å². The highest BCUT2D eigenvalue weighted by molar-refractivity contribution is 5.86. The van der Waals surface area contributed by atoms with E-state index in [2.05, 4.69) is 24.5 Å². The van der Waals surface area contributed by atoms with E-state index in [1.54, 1.807) is 0 Å². The summed E-state index contributed by atoms with van der Waals surface area (Å²) in [6.07, 6.45) is 3.88. The van der Waals surface area contributed by atoms with Gasteiger partial charge in [0.2, 0.25) is 0 Å². The van der Waals surface area contributed by atoms with Gasteiger partial charge in [0.05, 0.1) is 0 Å². The second-order valence-electron chi connectivity index (χ2n) is 6.47. The van der Waals surface area contributed by atoms with Crippen LogP contribution in [0.25, 0.3) is 0 Å². The molecular weight excluding hydrogens is 272 g/mol. The Labute approximate surface area is 125 Å². The number of aliphatic carboxylic acids is 1. The van der Waals surface area contributed by atoms with E-state index in [4.69, 9.17) is 4.74 Å². The summed E-state index contributed by atoms with van der Waals surface area (Å²) in [4.78, 5) is 23.7. The first-order valence-corrected chi connectivity index (χ1v) is 7.84. The lowest BCUT2D eigenvalue weighted by Gasteiger charge is -2.37. The summed E-state index contributed by atoms with van der Waals surface area (Å²) in [6, 6.07) is -0.246. The molecule has 0 aromatic rings. The first-order valence-electron chi connectivity index (χ1n) is 7.84. The minimum absolute atomic E-state index is 0.124. The molecule has 6 nitrogen and oxygen atoms in total. The molecule has 3 N–H and O–H groups in total. The van der Waals surface area contributed by atoms with Crippen molar-refractivity contribution in [2.45, 2.75) is 57.5 Å². The average Bonchev–Trinajstić information content (AvgIpc) is 2.44. The Morgan fingerprint density at radius 1 is 1.19 bits per heavy atom. The highest BCUT2D eigenvalue weighted by Gasteiger charge is 2.42. The van der Waals surface area contributed by atoms with E-state index in [1.807, 2.05) is 0 Å². The molecule has 3 unspecified atom stereocenters. The number of amides is 2. The molecule has 0 radical (unpaired) electrons. The molecule has 1 aliphatic heterocycles. The number of carbonyl (C=O) groups excluding carboxylic acids is 1. The standard InChI is InChI=1S/C15H26N2O4/c1-10-4-3-5-12(11(10)2)16-14(20)17-15(13(18)19)6-8-21-9-7-15/h10-12H,3-9H2,1-2H3,(H,18,19)(H2,16,17,20). The summed E-state index contributed by atoms with van der Waals surface area (Å²) in [7, 11) is 0. The van der Waals surface area contributed by atoms with E-state index in [9.17, 15) is 14.7 Å². The number of carboxylic acids is 1. The van der Waals surface area contributed by atoms with Crippen molar-refractivity contribution in [2.24, 2.45) is 11.8 Å². The first-order chi connectivity index (χ1) is 9.94. The molecule has 0 bridgehead atoms. The van der Waals surface area contributed by atoms with Crippen LogP contribution >= 0.6 is 0 Å². The zero-order valence-electron chi connectivity index (χ0n) is 12.9. The van der Waals surface area contributed by atoms with E-state index in [0.717, 1.165) is 12.8 Å². The lowest BCUT2D eigenvalue weighted by atomic mass is 9.78. The summed E-state index contributed by atoms with van der Waals surface area (Å²) in [5.41, 5.74) is -1.19. The molecule has 0 spiro atoms. The molecule has 2 amide bonds. The third kappa shape index (κ3) is 3.67. The van der Waals surface area contributed by atoms with Crippen molar-refractivity contribution < 1.29 is 19.4 Å². The van der Waals surface area contributed by atoms with Crippen LogP contribution in [0.2, 0.25) is 0 Å². The number of ether oxygens (including phenoxy) is 1. The lowest BCUT2D eigenvalue weighted by Crippen LogP contribution is -2.61. The molecule has 1 aliphatic carbocycles. The van der Waals surface area contributed by atoms with Gasteiger partial charge in [-0.2, -0.15) is 0 Å². The average molecular weight is 298 g/mol. The van der Waals surface area contributed by atoms with Gasteiger partial charge in [0.15, 0.2) is 0 Å². The van der Waals surface area contributed by atoms with Crippen LogP contribution in [0.15, 0.2) is 0 Å². The second kappa shape index (κ2) is 6.64. The number of carboxylic acid groups (broad SMARTS) is 1. The van der Waals surface area contributed by atoms with Gasteiger partial charge in [0.25, 0.3) is 0 Å². The predicted molar refractivity (Wildman–Crippen MR) is 78.1 cm³/mol. The number of carbonyl (C=O) groups is 2. The molecule has 0 aromatic heterocycles. The van der Waals surface area contributed by atoms with Crippen LogP contribution in [0.4, 0.5) is 4.79 Å². The minimum Gasteiger partial charge on any atom is -0.480 e. The molecule has 3 atom stereocenters. The molecule has 21 heavy (non-hydrogen) atoms. The molecule has 1 saturated heterocycles. The topological polar surface area (TPSA) is 87.7 Å². The predicted octanol–water partition coefficient (Wildman–Crippen LogP) is 1.74. The van der Waals surface area contributed by atoms with Crippen LogP contribution in [-0.2, 0) is 9.53 Å². The first kappa shape index (κ1) is 16.1. The molecular formula is C15H26N2O4. The van der Waals surface area contributed by atoms with Gasteiger partial charge in [-0.1, -0.05) is 26.7 Å². The van der Waals surface area contributed by atoms with Crippen LogP contribution in [-0.4, -0.2) is 41.9 Å². The van der Waals surface area contributed by atoms with E-state index >= 15 is 0 Å². The maximum atomic E-state index is 12.2. The molecule has 0 aromatic carbocycles. The van der Waals surface area contributed by atoms with Gasteiger partial charge >= 0.3 is 12.0 Å². The van der Waals surface area contributed by atoms with Crippen LogP contribution in [0.3, 0.4) is 0 Å². The summed E-state index contributed by atoms with van der Waals surface area (Å²) < 4.78 is 5.20. The fourth-order valence-electron chi connectivity index (χ4n) is 3.32. The van der Waals surface area contributed by atoms with E-state index in [0.29, 0.717) is 37.9 Å². The van der Waals surface area contributed by atoms with Gasteiger partial charge < -0.3 is 20.5 Å². The van der Waals surface area contributed by atoms with Crippen LogP contribution in [0.5, 0.6) is 0 Å². The minimum atomic E-state index is -1.19. The van der Waals surface area contributed by atoms with Crippen LogP contribution in [0.1, 0.15) is 46.0 Å². The van der Waals surface area contributed by atoms with Crippen molar-refractivity contribution in [3.05, 3.63) is 0 Å². The number of urea groups is 1. The third-order valence-electron chi connectivity index (χ3n) is 5.13. The van der Waals surface area contributed by atoms with Crippen molar-refractivity contribution in [1.29, 1.82) is 0 Å². The van der Waals surface area contributed by atoms with Gasteiger partial charge in [-0.25, -0.2) is 9.59 Å². The smallest absolute Gasteiger partial charge is 0.329 e. The van der Waals surface area contributed by atoms with E-state index in [-0.39, 0.29) is 12.1 Å². The van der Waals surface area contributed by atoms with Crippen LogP contribution < -0.4 is 10.6 Å². The fourth-order valence-corrected chi connectivity index (χ4v) is 3.32.